The van der Waals surface area contributed by atoms with Crippen LogP contribution in [0.15, 0.2) is 12.1 Å². The van der Waals surface area contributed by atoms with Crippen molar-refractivity contribution >= 4 is 5.97 Å². The first-order valence-corrected chi connectivity index (χ1v) is 7.09. The van der Waals surface area contributed by atoms with Crippen LogP contribution in [0.1, 0.15) is 18.4 Å². The number of benzene rings is 1. The summed E-state index contributed by atoms with van der Waals surface area (Å²) in [4.78, 5) is 13.7. The average molecular weight is 293 g/mol. The molecule has 0 unspecified atom stereocenters. The van der Waals surface area contributed by atoms with Gasteiger partial charge in [-0.15, -0.1) is 0 Å². The van der Waals surface area contributed by atoms with E-state index in [9.17, 15) is 9.90 Å². The summed E-state index contributed by atoms with van der Waals surface area (Å²) < 4.78 is 15.3. The van der Waals surface area contributed by atoms with E-state index in [1.165, 1.54) is 7.11 Å². The summed E-state index contributed by atoms with van der Waals surface area (Å²) in [5, 5.41) is 10.0. The Morgan fingerprint density at radius 2 is 2.00 bits per heavy atom. The van der Waals surface area contributed by atoms with Crippen molar-refractivity contribution < 1.29 is 24.1 Å². The number of phenolic OH excluding ortho intramolecular Hbond substituents is 1. The van der Waals surface area contributed by atoms with Crippen LogP contribution in [0, 0.1) is 5.92 Å². The third kappa shape index (κ3) is 2.90. The first kappa shape index (κ1) is 14.0. The molecule has 0 amide bonds. The molecule has 0 saturated carbocycles. The lowest BCUT2D eigenvalue weighted by Crippen LogP contribution is -2.36. The summed E-state index contributed by atoms with van der Waals surface area (Å²) in [6, 6.07) is 3.42. The van der Waals surface area contributed by atoms with Crippen LogP contribution in [0.5, 0.6) is 17.2 Å². The standard InChI is InChI=1S/C15H19NO5/c1-19-15(18)10-2-4-16(5-3-10)8-11-6-13-14(7-12(11)17)21-9-20-13/h6-7,10,17H,2-5,8-9H2,1H3. The summed E-state index contributed by atoms with van der Waals surface area (Å²) in [6.45, 7) is 2.46. The van der Waals surface area contributed by atoms with Gasteiger partial charge in [-0.05, 0) is 32.0 Å². The minimum atomic E-state index is -0.124. The molecule has 1 aromatic carbocycles. The van der Waals surface area contributed by atoms with Crippen LogP contribution in [0.4, 0.5) is 0 Å². The van der Waals surface area contributed by atoms with Gasteiger partial charge in [0.05, 0.1) is 13.0 Å². The van der Waals surface area contributed by atoms with Crippen LogP contribution in [0.25, 0.3) is 0 Å². The number of esters is 1. The molecule has 0 atom stereocenters. The van der Waals surface area contributed by atoms with E-state index in [1.54, 1.807) is 6.07 Å². The van der Waals surface area contributed by atoms with Crippen molar-refractivity contribution in [3.63, 3.8) is 0 Å². The SMILES string of the molecule is COC(=O)C1CCN(Cc2cc3c(cc2O)OCO3)CC1. The predicted molar refractivity (Wildman–Crippen MR) is 74.2 cm³/mol. The molecule has 0 radical (unpaired) electrons. The molecule has 6 nitrogen and oxygen atoms in total. The monoisotopic (exact) mass is 293 g/mol. The minimum absolute atomic E-state index is 0.00315. The number of fused-ring (bicyclic) bond motifs is 1. The number of carbonyl (C=O) groups excluding carboxylic acids is 1. The Labute approximate surface area is 123 Å². The Morgan fingerprint density at radius 3 is 2.67 bits per heavy atom. The molecule has 0 aliphatic carbocycles. The number of phenols is 1. The maximum Gasteiger partial charge on any atom is 0.308 e. The van der Waals surface area contributed by atoms with E-state index in [4.69, 9.17) is 14.2 Å². The van der Waals surface area contributed by atoms with Crippen LogP contribution in [-0.2, 0) is 16.1 Å². The number of aromatic hydroxyl groups is 1. The fourth-order valence-corrected chi connectivity index (χ4v) is 2.83. The summed E-state index contributed by atoms with van der Waals surface area (Å²) >= 11 is 0. The fraction of sp³-hybridized carbons (Fsp3) is 0.533. The van der Waals surface area contributed by atoms with Crippen molar-refractivity contribution in [2.75, 3.05) is 27.0 Å². The zero-order valence-electron chi connectivity index (χ0n) is 12.0. The third-order valence-electron chi connectivity index (χ3n) is 4.09. The Balaban J connectivity index is 1.62. The average Bonchev–Trinajstić information content (AvgIpc) is 2.94. The van der Waals surface area contributed by atoms with E-state index in [0.29, 0.717) is 18.0 Å². The minimum Gasteiger partial charge on any atom is -0.507 e. The van der Waals surface area contributed by atoms with Crippen LogP contribution in [-0.4, -0.2) is 43.0 Å². The first-order chi connectivity index (χ1) is 10.2. The normalized spacial score (nSPS) is 18.7. The van der Waals surface area contributed by atoms with Gasteiger partial charge < -0.3 is 19.3 Å². The highest BCUT2D eigenvalue weighted by Gasteiger charge is 2.26. The smallest absolute Gasteiger partial charge is 0.308 e. The van der Waals surface area contributed by atoms with E-state index in [1.807, 2.05) is 6.07 Å². The van der Waals surface area contributed by atoms with E-state index in [-0.39, 0.29) is 24.4 Å². The largest absolute Gasteiger partial charge is 0.507 e. The molecule has 2 aliphatic heterocycles. The number of rotatable bonds is 3. The molecule has 3 rings (SSSR count). The van der Waals surface area contributed by atoms with E-state index < -0.39 is 0 Å². The Bertz CT molecular complexity index is 537. The number of piperidine rings is 1. The third-order valence-corrected chi connectivity index (χ3v) is 4.09. The van der Waals surface area contributed by atoms with E-state index in [2.05, 4.69) is 4.90 Å². The van der Waals surface area contributed by atoms with Crippen LogP contribution in [0.3, 0.4) is 0 Å². The fourth-order valence-electron chi connectivity index (χ4n) is 2.83. The van der Waals surface area contributed by atoms with Crippen molar-refractivity contribution in [1.29, 1.82) is 0 Å². The molecule has 2 heterocycles. The maximum atomic E-state index is 11.5. The molecule has 21 heavy (non-hydrogen) atoms. The highest BCUT2D eigenvalue weighted by Crippen LogP contribution is 2.38. The van der Waals surface area contributed by atoms with Gasteiger partial charge in [-0.2, -0.15) is 0 Å². The van der Waals surface area contributed by atoms with Crippen molar-refractivity contribution in [1.82, 2.24) is 4.90 Å². The first-order valence-electron chi connectivity index (χ1n) is 7.09. The van der Waals surface area contributed by atoms with Gasteiger partial charge in [0.1, 0.15) is 5.75 Å². The Kier molecular flexibility index (Phi) is 3.88. The van der Waals surface area contributed by atoms with Crippen molar-refractivity contribution in [3.8, 4) is 17.2 Å². The Hall–Kier alpha value is -1.95. The van der Waals surface area contributed by atoms with Gasteiger partial charge >= 0.3 is 5.97 Å². The summed E-state index contributed by atoms with van der Waals surface area (Å²) in [5.74, 6) is 1.35. The zero-order valence-corrected chi connectivity index (χ0v) is 12.0. The van der Waals surface area contributed by atoms with Gasteiger partial charge in [-0.3, -0.25) is 9.69 Å². The molecule has 0 aromatic heterocycles. The molecule has 1 aromatic rings. The van der Waals surface area contributed by atoms with Gasteiger partial charge in [0.2, 0.25) is 6.79 Å². The van der Waals surface area contributed by atoms with Gasteiger partial charge in [0.15, 0.2) is 11.5 Å². The number of hydrogen-bond donors (Lipinski definition) is 1. The molecule has 1 N–H and O–H groups in total. The maximum absolute atomic E-state index is 11.5. The summed E-state index contributed by atoms with van der Waals surface area (Å²) in [5.41, 5.74) is 0.816. The number of hydrogen-bond acceptors (Lipinski definition) is 6. The number of ether oxygens (including phenoxy) is 3. The lowest BCUT2D eigenvalue weighted by Gasteiger charge is -2.30. The zero-order chi connectivity index (χ0) is 14.8. The second-order valence-corrected chi connectivity index (χ2v) is 5.41. The molecule has 2 aliphatic rings. The number of carbonyl (C=O) groups is 1. The number of nitrogens with zero attached hydrogens (tertiary/aromatic N) is 1. The van der Waals surface area contributed by atoms with E-state index >= 15 is 0 Å². The van der Waals surface area contributed by atoms with E-state index in [0.717, 1.165) is 31.5 Å². The van der Waals surface area contributed by atoms with Gasteiger partial charge in [0, 0.05) is 18.2 Å². The van der Waals surface area contributed by atoms with Crippen molar-refractivity contribution in [2.45, 2.75) is 19.4 Å². The molecular formula is C15H19NO5. The topological polar surface area (TPSA) is 68.2 Å². The second-order valence-electron chi connectivity index (χ2n) is 5.41. The van der Waals surface area contributed by atoms with Crippen molar-refractivity contribution in [2.24, 2.45) is 5.92 Å². The molecule has 0 spiro atoms. The lowest BCUT2D eigenvalue weighted by molar-refractivity contribution is -0.147. The highest BCUT2D eigenvalue weighted by molar-refractivity contribution is 5.72. The molecule has 1 saturated heterocycles. The predicted octanol–water partition coefficient (Wildman–Crippen LogP) is 1.51. The Morgan fingerprint density at radius 1 is 1.33 bits per heavy atom. The van der Waals surface area contributed by atoms with Gasteiger partial charge in [-0.25, -0.2) is 0 Å². The molecule has 114 valence electrons. The molecular weight excluding hydrogens is 274 g/mol. The van der Waals surface area contributed by atoms with Crippen LogP contribution < -0.4 is 9.47 Å². The number of likely N-dealkylation sites (tertiary alicyclic amines) is 1. The summed E-state index contributed by atoms with van der Waals surface area (Å²) in [7, 11) is 1.43. The molecule has 1 fully saturated rings. The quantitative estimate of drug-likeness (QED) is 0.852. The van der Waals surface area contributed by atoms with Crippen LogP contribution >= 0.6 is 0 Å². The molecule has 6 heteroatoms. The summed E-state index contributed by atoms with van der Waals surface area (Å²) in [6.07, 6.45) is 1.58. The number of methoxy groups -OCH3 is 1. The van der Waals surface area contributed by atoms with Gasteiger partial charge in [0.25, 0.3) is 0 Å². The molecule has 0 bridgehead atoms. The van der Waals surface area contributed by atoms with Crippen LogP contribution in [0.2, 0.25) is 0 Å². The van der Waals surface area contributed by atoms with Gasteiger partial charge in [-0.1, -0.05) is 0 Å². The lowest BCUT2D eigenvalue weighted by atomic mass is 9.96. The van der Waals surface area contributed by atoms with Crippen molar-refractivity contribution in [3.05, 3.63) is 17.7 Å². The highest BCUT2D eigenvalue weighted by atomic mass is 16.7. The second kappa shape index (κ2) is 5.81.